The van der Waals surface area contributed by atoms with Crippen molar-refractivity contribution in [3.8, 4) is 0 Å². The maximum Gasteiger partial charge on any atom is 0.128 e. The first-order valence-corrected chi connectivity index (χ1v) is 4.52. The number of pyridine rings is 1. The third-order valence-electron chi connectivity index (χ3n) is 2.29. The molecule has 1 aromatic heterocycles. The molecule has 13 heavy (non-hydrogen) atoms. The van der Waals surface area contributed by atoms with E-state index in [-0.39, 0.29) is 0 Å². The van der Waals surface area contributed by atoms with Crippen molar-refractivity contribution in [2.45, 2.75) is 6.04 Å². The van der Waals surface area contributed by atoms with Gasteiger partial charge in [-0.3, -0.25) is 0 Å². The summed E-state index contributed by atoms with van der Waals surface area (Å²) in [5.41, 5.74) is 6.86. The zero-order chi connectivity index (χ0) is 9.10. The molecule has 70 valence electrons. The van der Waals surface area contributed by atoms with E-state index in [9.17, 15) is 0 Å². The Bertz CT molecular complexity index is 281. The maximum atomic E-state index is 5.77. The standard InChI is InChI=1S/C9H14N4/c10-9-7(2-1-3-13-9)8-6-11-4-5-12-8/h1-3,8,11-12H,4-6H2,(H2,10,13)/t8-/m0/s1. The van der Waals surface area contributed by atoms with E-state index in [2.05, 4.69) is 15.6 Å². The Morgan fingerprint density at radius 1 is 1.46 bits per heavy atom. The molecule has 4 heteroatoms. The summed E-state index contributed by atoms with van der Waals surface area (Å²) in [6, 6.07) is 4.25. The lowest BCUT2D eigenvalue weighted by molar-refractivity contribution is 0.430. The van der Waals surface area contributed by atoms with Gasteiger partial charge in [-0.15, -0.1) is 0 Å². The van der Waals surface area contributed by atoms with Crippen molar-refractivity contribution in [3.63, 3.8) is 0 Å². The van der Waals surface area contributed by atoms with E-state index in [1.54, 1.807) is 6.20 Å². The molecule has 0 spiro atoms. The number of nitrogens with zero attached hydrogens (tertiary/aromatic N) is 1. The third kappa shape index (κ3) is 1.79. The van der Waals surface area contributed by atoms with E-state index in [0.717, 1.165) is 25.2 Å². The summed E-state index contributed by atoms with van der Waals surface area (Å²) in [5, 5.41) is 6.71. The van der Waals surface area contributed by atoms with Gasteiger partial charge < -0.3 is 16.4 Å². The van der Waals surface area contributed by atoms with Crippen LogP contribution in [0.5, 0.6) is 0 Å². The fraction of sp³-hybridized carbons (Fsp3) is 0.444. The molecule has 1 aliphatic heterocycles. The van der Waals surface area contributed by atoms with Crippen molar-refractivity contribution in [2.24, 2.45) is 0 Å². The highest BCUT2D eigenvalue weighted by molar-refractivity contribution is 5.41. The Morgan fingerprint density at radius 2 is 2.38 bits per heavy atom. The Labute approximate surface area is 77.5 Å². The van der Waals surface area contributed by atoms with Gasteiger partial charge in [-0.25, -0.2) is 4.98 Å². The summed E-state index contributed by atoms with van der Waals surface area (Å²) in [6.07, 6.45) is 1.72. The predicted octanol–water partition coefficient (Wildman–Crippen LogP) is -0.102. The molecule has 0 aliphatic carbocycles. The zero-order valence-corrected chi connectivity index (χ0v) is 7.46. The Hall–Kier alpha value is -1.13. The molecular formula is C9H14N4. The molecule has 0 radical (unpaired) electrons. The number of piperazine rings is 1. The zero-order valence-electron chi connectivity index (χ0n) is 7.46. The van der Waals surface area contributed by atoms with Crippen LogP contribution in [-0.4, -0.2) is 24.6 Å². The Balaban J connectivity index is 2.18. The summed E-state index contributed by atoms with van der Waals surface area (Å²) < 4.78 is 0. The second kappa shape index (κ2) is 3.72. The van der Waals surface area contributed by atoms with E-state index in [4.69, 9.17) is 5.73 Å². The minimum absolute atomic E-state index is 0.308. The Kier molecular flexibility index (Phi) is 2.42. The van der Waals surface area contributed by atoms with Crippen LogP contribution in [0.3, 0.4) is 0 Å². The van der Waals surface area contributed by atoms with Gasteiger partial charge in [0.2, 0.25) is 0 Å². The third-order valence-corrected chi connectivity index (χ3v) is 2.29. The van der Waals surface area contributed by atoms with Gasteiger partial charge in [0.15, 0.2) is 0 Å². The first-order valence-electron chi connectivity index (χ1n) is 4.52. The van der Waals surface area contributed by atoms with E-state index in [1.807, 2.05) is 12.1 Å². The highest BCUT2D eigenvalue weighted by atomic mass is 15.1. The number of nitrogen functional groups attached to an aromatic ring is 1. The highest BCUT2D eigenvalue weighted by Crippen LogP contribution is 2.17. The summed E-state index contributed by atoms with van der Waals surface area (Å²) in [4.78, 5) is 4.06. The average molecular weight is 178 g/mol. The first-order chi connectivity index (χ1) is 6.38. The number of hydrogen-bond donors (Lipinski definition) is 3. The van der Waals surface area contributed by atoms with Crippen LogP contribution in [0.25, 0.3) is 0 Å². The molecule has 0 bridgehead atoms. The van der Waals surface area contributed by atoms with Crippen LogP contribution in [0.2, 0.25) is 0 Å². The van der Waals surface area contributed by atoms with Crippen molar-refractivity contribution in [1.82, 2.24) is 15.6 Å². The van der Waals surface area contributed by atoms with Gasteiger partial charge in [0.25, 0.3) is 0 Å². The van der Waals surface area contributed by atoms with Crippen LogP contribution in [0.4, 0.5) is 5.82 Å². The van der Waals surface area contributed by atoms with Gasteiger partial charge in [0, 0.05) is 37.4 Å². The van der Waals surface area contributed by atoms with Crippen LogP contribution in [0.15, 0.2) is 18.3 Å². The molecule has 0 saturated carbocycles. The minimum Gasteiger partial charge on any atom is -0.383 e. The fourth-order valence-electron chi connectivity index (χ4n) is 1.60. The molecule has 1 aromatic rings. The van der Waals surface area contributed by atoms with Crippen molar-refractivity contribution in [2.75, 3.05) is 25.4 Å². The molecule has 2 heterocycles. The molecule has 2 rings (SSSR count). The fourth-order valence-corrected chi connectivity index (χ4v) is 1.60. The summed E-state index contributed by atoms with van der Waals surface area (Å²) in [6.45, 7) is 2.94. The van der Waals surface area contributed by atoms with Crippen molar-refractivity contribution >= 4 is 5.82 Å². The summed E-state index contributed by atoms with van der Waals surface area (Å²) >= 11 is 0. The van der Waals surface area contributed by atoms with Gasteiger partial charge in [0.05, 0.1) is 0 Å². The summed E-state index contributed by atoms with van der Waals surface area (Å²) in [5.74, 6) is 0.628. The maximum absolute atomic E-state index is 5.77. The second-order valence-corrected chi connectivity index (χ2v) is 3.19. The van der Waals surface area contributed by atoms with Crippen molar-refractivity contribution in [1.29, 1.82) is 0 Å². The van der Waals surface area contributed by atoms with Crippen LogP contribution >= 0.6 is 0 Å². The lowest BCUT2D eigenvalue weighted by atomic mass is 10.1. The predicted molar refractivity (Wildman–Crippen MR) is 52.3 cm³/mol. The average Bonchev–Trinajstić information content (AvgIpc) is 2.20. The molecule has 1 atom stereocenters. The highest BCUT2D eigenvalue weighted by Gasteiger charge is 2.16. The molecule has 0 aromatic carbocycles. The van der Waals surface area contributed by atoms with E-state index < -0.39 is 0 Å². The van der Waals surface area contributed by atoms with Gasteiger partial charge in [-0.2, -0.15) is 0 Å². The van der Waals surface area contributed by atoms with Gasteiger partial charge in [-0.05, 0) is 6.07 Å². The normalized spacial score (nSPS) is 22.9. The monoisotopic (exact) mass is 178 g/mol. The van der Waals surface area contributed by atoms with Crippen LogP contribution in [0, 0.1) is 0 Å². The number of nitrogens with two attached hydrogens (primary N) is 1. The SMILES string of the molecule is Nc1ncccc1[C@@H]1CNCCN1. The van der Waals surface area contributed by atoms with E-state index in [0.29, 0.717) is 11.9 Å². The molecule has 1 fully saturated rings. The molecule has 4 N–H and O–H groups in total. The summed E-state index contributed by atoms with van der Waals surface area (Å²) in [7, 11) is 0. The molecule has 0 amide bonds. The largest absolute Gasteiger partial charge is 0.383 e. The van der Waals surface area contributed by atoms with Crippen LogP contribution < -0.4 is 16.4 Å². The molecular weight excluding hydrogens is 164 g/mol. The Morgan fingerprint density at radius 3 is 3.08 bits per heavy atom. The quantitative estimate of drug-likeness (QED) is 0.562. The van der Waals surface area contributed by atoms with Gasteiger partial charge >= 0.3 is 0 Å². The van der Waals surface area contributed by atoms with Crippen LogP contribution in [0.1, 0.15) is 11.6 Å². The smallest absolute Gasteiger partial charge is 0.128 e. The molecule has 1 aliphatic rings. The lowest BCUT2D eigenvalue weighted by Crippen LogP contribution is -2.42. The number of hydrogen-bond acceptors (Lipinski definition) is 4. The molecule has 1 saturated heterocycles. The van der Waals surface area contributed by atoms with Crippen molar-refractivity contribution < 1.29 is 0 Å². The van der Waals surface area contributed by atoms with E-state index in [1.165, 1.54) is 0 Å². The van der Waals surface area contributed by atoms with Gasteiger partial charge in [-0.1, -0.05) is 6.07 Å². The molecule has 4 nitrogen and oxygen atoms in total. The number of rotatable bonds is 1. The number of nitrogens with one attached hydrogen (secondary N) is 2. The topological polar surface area (TPSA) is 63.0 Å². The number of anilines is 1. The second-order valence-electron chi connectivity index (χ2n) is 3.19. The van der Waals surface area contributed by atoms with Crippen molar-refractivity contribution in [3.05, 3.63) is 23.9 Å². The van der Waals surface area contributed by atoms with Gasteiger partial charge in [0.1, 0.15) is 5.82 Å². The number of aromatic nitrogens is 1. The minimum atomic E-state index is 0.308. The van der Waals surface area contributed by atoms with E-state index >= 15 is 0 Å². The lowest BCUT2D eigenvalue weighted by Gasteiger charge is -2.25. The van der Waals surface area contributed by atoms with Crippen LogP contribution in [-0.2, 0) is 0 Å². The first kappa shape index (κ1) is 8.47. The molecule has 0 unspecified atom stereocenters.